The molecule has 0 saturated carbocycles. The van der Waals surface area contributed by atoms with E-state index in [9.17, 15) is 22.8 Å². The predicted octanol–water partition coefficient (Wildman–Crippen LogP) is 5.12. The molecule has 2 atom stereocenters. The third-order valence-corrected chi connectivity index (χ3v) is 6.09. The van der Waals surface area contributed by atoms with Gasteiger partial charge >= 0.3 is 11.5 Å². The van der Waals surface area contributed by atoms with Crippen LogP contribution in [0.5, 0.6) is 0 Å². The maximum Gasteiger partial charge on any atom is 0.446 e. The van der Waals surface area contributed by atoms with Gasteiger partial charge in [-0.3, -0.25) is 9.78 Å². The minimum Gasteiger partial charge on any atom is -0.388 e. The fraction of sp³-hybridized carbons (Fsp3) is 0.227. The number of rotatable bonds is 5. The van der Waals surface area contributed by atoms with E-state index >= 15 is 0 Å². The smallest absolute Gasteiger partial charge is 0.388 e. The fourth-order valence-electron chi connectivity index (χ4n) is 3.78. The molecule has 6 nitrogen and oxygen atoms in total. The predicted molar refractivity (Wildman–Crippen MR) is 118 cm³/mol. The highest BCUT2D eigenvalue weighted by Crippen LogP contribution is 2.38. The van der Waals surface area contributed by atoms with Gasteiger partial charge in [-0.15, -0.1) is 0 Å². The molecule has 1 saturated heterocycles. The summed E-state index contributed by atoms with van der Waals surface area (Å²) in [5.74, 6) is -0.831. The number of aromatic nitrogens is 1. The van der Waals surface area contributed by atoms with Crippen LogP contribution in [-0.4, -0.2) is 35.5 Å². The molecule has 2 unspecified atom stereocenters. The molecule has 0 spiro atoms. The summed E-state index contributed by atoms with van der Waals surface area (Å²) in [6, 6.07) is 11.2. The Hall–Kier alpha value is -3.27. The molecule has 0 aliphatic carbocycles. The van der Waals surface area contributed by atoms with Crippen LogP contribution in [0.3, 0.4) is 0 Å². The minimum absolute atomic E-state index is 0.0261. The summed E-state index contributed by atoms with van der Waals surface area (Å²) < 4.78 is 37.7. The van der Waals surface area contributed by atoms with Crippen molar-refractivity contribution in [2.75, 3.05) is 17.3 Å². The number of imide groups is 1. The van der Waals surface area contributed by atoms with Gasteiger partial charge in [-0.1, -0.05) is 6.92 Å². The molecule has 1 aliphatic rings. The lowest BCUT2D eigenvalue weighted by Crippen LogP contribution is -2.35. The van der Waals surface area contributed by atoms with Crippen molar-refractivity contribution in [3.05, 3.63) is 60.3 Å². The van der Waals surface area contributed by atoms with Crippen LogP contribution >= 0.6 is 11.8 Å². The summed E-state index contributed by atoms with van der Waals surface area (Å²) in [4.78, 5) is 31.0. The number of pyridine rings is 1. The van der Waals surface area contributed by atoms with Crippen molar-refractivity contribution in [1.29, 1.82) is 0 Å². The molecule has 2 heterocycles. The number of hydrogen-bond donors (Lipinski definition) is 2. The highest BCUT2D eigenvalue weighted by Gasteiger charge is 2.42. The SMILES string of the molecule is CNc1ccc2nccc(C(C)C3NC(=O)N(c4ccc(SC(F)(F)F)cc4)C3=O)c2c1. The lowest BCUT2D eigenvalue weighted by Gasteiger charge is -2.20. The molecular formula is C22H19F3N4O2S. The number of urea groups is 1. The third-order valence-electron chi connectivity index (χ3n) is 5.35. The molecule has 2 aromatic carbocycles. The summed E-state index contributed by atoms with van der Waals surface area (Å²) in [6.45, 7) is 1.84. The molecule has 3 aromatic rings. The van der Waals surface area contributed by atoms with Gasteiger partial charge in [-0.2, -0.15) is 13.2 Å². The summed E-state index contributed by atoms with van der Waals surface area (Å²) in [5, 5.41) is 6.65. The van der Waals surface area contributed by atoms with Gasteiger partial charge in [0.25, 0.3) is 5.91 Å². The second-order valence-electron chi connectivity index (χ2n) is 7.31. The Morgan fingerprint density at radius 1 is 1.12 bits per heavy atom. The van der Waals surface area contributed by atoms with E-state index in [1.165, 1.54) is 24.3 Å². The normalized spacial score (nSPS) is 17.5. The molecule has 1 fully saturated rings. The zero-order chi connectivity index (χ0) is 23.0. The van der Waals surface area contributed by atoms with Crippen LogP contribution in [0, 0.1) is 0 Å². The van der Waals surface area contributed by atoms with Gasteiger partial charge in [-0.25, -0.2) is 9.69 Å². The van der Waals surface area contributed by atoms with Gasteiger partial charge < -0.3 is 10.6 Å². The number of benzene rings is 2. The number of thioether (sulfide) groups is 1. The number of nitrogens with zero attached hydrogens (tertiary/aromatic N) is 2. The number of alkyl halides is 3. The summed E-state index contributed by atoms with van der Waals surface area (Å²) >= 11 is -0.255. The molecule has 32 heavy (non-hydrogen) atoms. The van der Waals surface area contributed by atoms with Crippen LogP contribution in [0.4, 0.5) is 29.3 Å². The molecule has 2 N–H and O–H groups in total. The Morgan fingerprint density at radius 3 is 2.50 bits per heavy atom. The van der Waals surface area contributed by atoms with Crippen LogP contribution < -0.4 is 15.5 Å². The number of carbonyl (C=O) groups excluding carboxylic acids is 2. The number of nitrogens with one attached hydrogen (secondary N) is 2. The highest BCUT2D eigenvalue weighted by atomic mass is 32.2. The van der Waals surface area contributed by atoms with Gasteiger partial charge in [0.1, 0.15) is 6.04 Å². The molecule has 0 bridgehead atoms. The van der Waals surface area contributed by atoms with Gasteiger partial charge in [0.15, 0.2) is 0 Å². The largest absolute Gasteiger partial charge is 0.446 e. The van der Waals surface area contributed by atoms with Crippen molar-refractivity contribution in [3.8, 4) is 0 Å². The maximum absolute atomic E-state index is 13.1. The molecule has 1 aliphatic heterocycles. The lowest BCUT2D eigenvalue weighted by molar-refractivity contribution is -0.118. The Balaban J connectivity index is 1.61. The molecular weight excluding hydrogens is 441 g/mol. The molecule has 4 rings (SSSR count). The third kappa shape index (κ3) is 4.22. The van der Waals surface area contributed by atoms with E-state index in [0.29, 0.717) is 0 Å². The van der Waals surface area contributed by atoms with Crippen LogP contribution in [-0.2, 0) is 4.79 Å². The number of fused-ring (bicyclic) bond motifs is 1. The molecule has 3 amide bonds. The van der Waals surface area contributed by atoms with Crippen LogP contribution in [0.1, 0.15) is 18.4 Å². The van der Waals surface area contributed by atoms with E-state index in [2.05, 4.69) is 15.6 Å². The van der Waals surface area contributed by atoms with E-state index < -0.39 is 23.5 Å². The van der Waals surface area contributed by atoms with E-state index in [-0.39, 0.29) is 28.3 Å². The zero-order valence-corrected chi connectivity index (χ0v) is 17.9. The van der Waals surface area contributed by atoms with Gasteiger partial charge in [0, 0.05) is 35.1 Å². The zero-order valence-electron chi connectivity index (χ0n) is 17.1. The highest BCUT2D eigenvalue weighted by molar-refractivity contribution is 8.00. The Bertz CT molecular complexity index is 1180. The molecule has 1 aromatic heterocycles. The van der Waals surface area contributed by atoms with Crippen LogP contribution in [0.2, 0.25) is 0 Å². The van der Waals surface area contributed by atoms with Crippen LogP contribution in [0.15, 0.2) is 59.6 Å². The fourth-order valence-corrected chi connectivity index (χ4v) is 4.32. The number of carbonyl (C=O) groups is 2. The topological polar surface area (TPSA) is 74.3 Å². The van der Waals surface area contributed by atoms with Gasteiger partial charge in [0.2, 0.25) is 0 Å². The second kappa shape index (κ2) is 8.34. The first-order chi connectivity index (χ1) is 15.2. The molecule has 0 radical (unpaired) electrons. The Morgan fingerprint density at radius 2 is 1.84 bits per heavy atom. The number of anilines is 2. The first kappa shape index (κ1) is 21.9. The van der Waals surface area contributed by atoms with Crippen molar-refractivity contribution in [2.24, 2.45) is 0 Å². The van der Waals surface area contributed by atoms with Gasteiger partial charge in [-0.05, 0) is 65.9 Å². The number of amides is 3. The first-order valence-corrected chi connectivity index (χ1v) is 10.6. The molecule has 166 valence electrons. The number of halogens is 3. The second-order valence-corrected chi connectivity index (χ2v) is 8.45. The van der Waals surface area contributed by atoms with Crippen molar-refractivity contribution in [3.63, 3.8) is 0 Å². The lowest BCUT2D eigenvalue weighted by atomic mass is 9.90. The Kier molecular flexibility index (Phi) is 5.72. The van der Waals surface area contributed by atoms with Crippen molar-refractivity contribution < 1.29 is 22.8 Å². The molecule has 10 heteroatoms. The summed E-state index contributed by atoms with van der Waals surface area (Å²) in [6.07, 6.45) is 1.66. The summed E-state index contributed by atoms with van der Waals surface area (Å²) in [5.41, 5.74) is -1.70. The van der Waals surface area contributed by atoms with Crippen molar-refractivity contribution in [2.45, 2.75) is 29.3 Å². The van der Waals surface area contributed by atoms with Crippen molar-refractivity contribution >= 4 is 46.0 Å². The van der Waals surface area contributed by atoms with Gasteiger partial charge in [0.05, 0.1) is 11.2 Å². The van der Waals surface area contributed by atoms with E-state index in [0.717, 1.165) is 27.1 Å². The van der Waals surface area contributed by atoms with E-state index in [1.807, 2.05) is 31.2 Å². The standard InChI is InChI=1S/C22H19F3N4O2S/c1-12(16-9-10-27-18-8-3-13(26-2)11-17(16)18)19-20(30)29(21(31)28-19)14-4-6-15(7-5-14)32-22(23,24)25/h3-12,19,26H,1-2H3,(H,28,31). The average Bonchev–Trinajstić information content (AvgIpc) is 3.06. The maximum atomic E-state index is 13.1. The van der Waals surface area contributed by atoms with Crippen molar-refractivity contribution in [1.82, 2.24) is 10.3 Å². The van der Waals surface area contributed by atoms with E-state index in [1.54, 1.807) is 13.2 Å². The minimum atomic E-state index is -4.41. The quantitative estimate of drug-likeness (QED) is 0.409. The Labute approximate surface area is 186 Å². The average molecular weight is 460 g/mol. The van der Waals surface area contributed by atoms with E-state index in [4.69, 9.17) is 0 Å². The summed E-state index contributed by atoms with van der Waals surface area (Å²) in [7, 11) is 1.80. The monoisotopic (exact) mass is 460 g/mol. The first-order valence-electron chi connectivity index (χ1n) is 9.74. The number of hydrogen-bond acceptors (Lipinski definition) is 5. The van der Waals surface area contributed by atoms with Crippen LogP contribution in [0.25, 0.3) is 10.9 Å².